The molecule has 34 heavy (non-hydrogen) atoms. The standard InChI is InChI=1S/C20H24B4ClFN6O2/c1-9(33)32-18(2,3)17(34)30(19(21,22)20(32,23)24)14-6-10(4-5-12(14)26)13-7-11(25)15-16(27)28-8-29-31(13)15/h4-8H,21-24H2,1-3H3,(H2,27,28,29). The molecule has 1 fully saturated rings. The van der Waals surface area contributed by atoms with E-state index in [4.69, 9.17) is 17.3 Å². The fraction of sp³-hybridized carbons (Fsp3) is 0.300. The number of aromatic nitrogens is 3. The predicted molar refractivity (Wildman–Crippen MR) is 142 cm³/mol. The van der Waals surface area contributed by atoms with Gasteiger partial charge in [0.15, 0.2) is 5.82 Å². The first-order valence-corrected chi connectivity index (χ1v) is 11.2. The summed E-state index contributed by atoms with van der Waals surface area (Å²) in [5.41, 5.74) is 6.48. The lowest BCUT2D eigenvalue weighted by molar-refractivity contribution is -0.150. The lowest BCUT2D eigenvalue weighted by Crippen LogP contribution is -2.85. The summed E-state index contributed by atoms with van der Waals surface area (Å²) < 4.78 is 16.9. The van der Waals surface area contributed by atoms with Gasteiger partial charge in [-0.3, -0.25) is 9.59 Å². The molecule has 1 saturated heterocycles. The third kappa shape index (κ3) is 3.16. The van der Waals surface area contributed by atoms with E-state index < -0.39 is 22.0 Å². The number of hydrogen-bond donors (Lipinski definition) is 1. The third-order valence-corrected chi connectivity index (χ3v) is 7.52. The second-order valence-corrected chi connectivity index (χ2v) is 10.5. The SMILES string of the molecule is BC1(B)N(c2cc(-c3cc(Cl)c4c(N)ncnn34)ccc2F)C(=O)C(C)(C)N(C(C)=O)C1(B)B. The number of carbonyl (C=O) groups excluding carboxylic acids is 2. The zero-order valence-corrected chi connectivity index (χ0v) is 21.0. The molecule has 0 unspecified atom stereocenters. The Morgan fingerprint density at radius 2 is 1.79 bits per heavy atom. The van der Waals surface area contributed by atoms with Gasteiger partial charge in [0.1, 0.15) is 54.6 Å². The topological polar surface area (TPSA) is 96.8 Å². The Morgan fingerprint density at radius 1 is 1.15 bits per heavy atom. The van der Waals surface area contributed by atoms with Crippen molar-refractivity contribution in [3.05, 3.63) is 41.4 Å². The molecule has 1 aromatic carbocycles. The Labute approximate surface area is 205 Å². The van der Waals surface area contributed by atoms with Gasteiger partial charge in [-0.15, -0.1) is 0 Å². The van der Waals surface area contributed by atoms with Crippen LogP contribution in [0.2, 0.25) is 5.02 Å². The molecule has 1 aliphatic rings. The average Bonchev–Trinajstić information content (AvgIpc) is 3.05. The Hall–Kier alpha value is -2.94. The number of nitrogens with two attached hydrogens (primary N) is 1. The van der Waals surface area contributed by atoms with Gasteiger partial charge in [-0.25, -0.2) is 13.9 Å². The highest BCUT2D eigenvalue weighted by Gasteiger charge is 2.60. The van der Waals surface area contributed by atoms with Crippen LogP contribution in [0.5, 0.6) is 0 Å². The molecule has 8 nitrogen and oxygen atoms in total. The van der Waals surface area contributed by atoms with Crippen LogP contribution in [0.25, 0.3) is 16.8 Å². The largest absolute Gasteiger partial charge is 0.382 e. The van der Waals surface area contributed by atoms with Gasteiger partial charge >= 0.3 is 0 Å². The predicted octanol–water partition coefficient (Wildman–Crippen LogP) is -1.42. The summed E-state index contributed by atoms with van der Waals surface area (Å²) in [6.07, 6.45) is 1.31. The van der Waals surface area contributed by atoms with Gasteiger partial charge < -0.3 is 15.5 Å². The van der Waals surface area contributed by atoms with E-state index in [2.05, 4.69) is 10.1 Å². The van der Waals surface area contributed by atoms with Crippen molar-refractivity contribution in [1.29, 1.82) is 0 Å². The molecule has 0 aliphatic carbocycles. The first-order valence-electron chi connectivity index (χ1n) is 10.9. The number of halogens is 2. The fourth-order valence-corrected chi connectivity index (χ4v) is 5.42. The molecular formula is C20H24B4ClFN6O2. The number of benzene rings is 1. The summed E-state index contributed by atoms with van der Waals surface area (Å²) in [7, 11) is 7.44. The highest BCUT2D eigenvalue weighted by atomic mass is 35.5. The van der Waals surface area contributed by atoms with Crippen molar-refractivity contribution in [2.45, 2.75) is 37.0 Å². The molecule has 0 spiro atoms. The molecule has 14 heteroatoms. The van der Waals surface area contributed by atoms with E-state index in [9.17, 15) is 9.59 Å². The van der Waals surface area contributed by atoms with Crippen LogP contribution in [-0.4, -0.2) is 78.9 Å². The highest BCUT2D eigenvalue weighted by Crippen LogP contribution is 2.43. The molecule has 0 atom stereocenters. The quantitative estimate of drug-likeness (QED) is 0.457. The zero-order valence-electron chi connectivity index (χ0n) is 20.3. The molecule has 0 saturated carbocycles. The van der Waals surface area contributed by atoms with Gasteiger partial charge in [-0.05, 0) is 48.8 Å². The number of fused-ring (bicyclic) bond motifs is 1. The Balaban J connectivity index is 1.94. The lowest BCUT2D eigenvalue weighted by Gasteiger charge is -2.64. The molecule has 0 bridgehead atoms. The van der Waals surface area contributed by atoms with Crippen molar-refractivity contribution in [3.63, 3.8) is 0 Å². The summed E-state index contributed by atoms with van der Waals surface area (Å²) in [4.78, 5) is 33.5. The molecule has 0 radical (unpaired) electrons. The Kier molecular flexibility index (Phi) is 5.36. The molecule has 172 valence electrons. The third-order valence-electron chi connectivity index (χ3n) is 7.23. The fourth-order valence-electron chi connectivity index (χ4n) is 5.14. The summed E-state index contributed by atoms with van der Waals surface area (Å²) in [5, 5.41) is 2.84. The van der Waals surface area contributed by atoms with E-state index in [1.165, 1.54) is 28.7 Å². The van der Waals surface area contributed by atoms with Crippen LogP contribution in [0.1, 0.15) is 20.8 Å². The molecule has 1 aliphatic heterocycles. The van der Waals surface area contributed by atoms with Crippen LogP contribution in [0.15, 0.2) is 30.6 Å². The molecule has 4 rings (SSSR count). The number of hydrogen-bond acceptors (Lipinski definition) is 5. The second kappa shape index (κ2) is 7.53. The second-order valence-electron chi connectivity index (χ2n) is 10.1. The first-order chi connectivity index (χ1) is 15.6. The minimum Gasteiger partial charge on any atom is -0.382 e. The summed E-state index contributed by atoms with van der Waals surface area (Å²) >= 11 is 6.38. The number of piperazine rings is 1. The van der Waals surface area contributed by atoms with Gasteiger partial charge in [0.05, 0.1) is 16.4 Å². The van der Waals surface area contributed by atoms with Crippen LogP contribution >= 0.6 is 11.6 Å². The van der Waals surface area contributed by atoms with E-state index in [1.54, 1.807) is 36.9 Å². The lowest BCUT2D eigenvalue weighted by atomic mass is 9.35. The van der Waals surface area contributed by atoms with Gasteiger partial charge in [-0.1, -0.05) is 11.6 Å². The number of nitrogens with zero attached hydrogens (tertiary/aromatic N) is 5. The van der Waals surface area contributed by atoms with Crippen molar-refractivity contribution in [1.82, 2.24) is 19.5 Å². The van der Waals surface area contributed by atoms with Crippen LogP contribution < -0.4 is 10.6 Å². The zero-order chi connectivity index (χ0) is 25.4. The molecule has 2 N–H and O–H groups in total. The van der Waals surface area contributed by atoms with Gasteiger partial charge in [0, 0.05) is 12.5 Å². The minimum absolute atomic E-state index is 0.102. The van der Waals surface area contributed by atoms with E-state index in [-0.39, 0.29) is 23.3 Å². The number of anilines is 2. The van der Waals surface area contributed by atoms with E-state index in [0.29, 0.717) is 21.8 Å². The van der Waals surface area contributed by atoms with Crippen molar-refractivity contribution >= 4 is 71.8 Å². The smallest absolute Gasteiger partial charge is 0.251 e. The number of carbonyl (C=O) groups is 2. The molecular weight excluding hydrogens is 454 g/mol. The number of rotatable bonds is 2. The van der Waals surface area contributed by atoms with Crippen LogP contribution in [-0.2, 0) is 9.59 Å². The van der Waals surface area contributed by atoms with Crippen LogP contribution in [0.3, 0.4) is 0 Å². The minimum atomic E-state index is -1.19. The van der Waals surface area contributed by atoms with Crippen molar-refractivity contribution in [2.75, 3.05) is 10.6 Å². The maximum Gasteiger partial charge on any atom is 0.251 e. The summed E-state index contributed by atoms with van der Waals surface area (Å²) in [6, 6.07) is 6.17. The summed E-state index contributed by atoms with van der Waals surface area (Å²) in [5.74, 6) is -0.951. The monoisotopic (exact) mass is 478 g/mol. The first kappa shape index (κ1) is 24.2. The number of nitrogen functional groups attached to an aromatic ring is 1. The average molecular weight is 478 g/mol. The van der Waals surface area contributed by atoms with E-state index in [0.717, 1.165) is 0 Å². The van der Waals surface area contributed by atoms with E-state index >= 15 is 4.39 Å². The number of amides is 2. The van der Waals surface area contributed by atoms with E-state index in [1.807, 2.05) is 31.4 Å². The van der Waals surface area contributed by atoms with Crippen molar-refractivity contribution in [2.24, 2.45) is 0 Å². The molecule has 2 amide bonds. The molecule has 2 aromatic heterocycles. The highest BCUT2D eigenvalue weighted by molar-refractivity contribution is 6.58. The van der Waals surface area contributed by atoms with Crippen molar-refractivity contribution < 1.29 is 14.0 Å². The maximum atomic E-state index is 15.4. The van der Waals surface area contributed by atoms with Crippen LogP contribution in [0.4, 0.5) is 15.9 Å². The molecule has 3 aromatic rings. The maximum absolute atomic E-state index is 15.4. The van der Waals surface area contributed by atoms with Crippen molar-refractivity contribution in [3.8, 4) is 11.3 Å². The Bertz CT molecular complexity index is 1360. The molecule has 3 heterocycles. The Morgan fingerprint density at radius 3 is 2.41 bits per heavy atom. The van der Waals surface area contributed by atoms with Gasteiger partial charge in [0.25, 0.3) is 5.91 Å². The summed E-state index contributed by atoms with van der Waals surface area (Å²) in [6.45, 7) is 4.81. The van der Waals surface area contributed by atoms with Gasteiger partial charge in [-0.2, -0.15) is 5.10 Å². The van der Waals surface area contributed by atoms with Crippen LogP contribution in [0, 0.1) is 5.82 Å². The normalized spacial score (nSPS) is 18.9. The van der Waals surface area contributed by atoms with Gasteiger partial charge in [0.2, 0.25) is 5.91 Å².